The number of amides is 1. The van der Waals surface area contributed by atoms with Crippen LogP contribution in [0.25, 0.3) is 0 Å². The molecule has 0 spiro atoms. The molecular weight excluding hydrogens is 338 g/mol. The van der Waals surface area contributed by atoms with E-state index in [-0.39, 0.29) is 11.9 Å². The van der Waals surface area contributed by atoms with Crippen LogP contribution in [-0.4, -0.2) is 12.5 Å². The van der Waals surface area contributed by atoms with E-state index in [0.717, 1.165) is 32.0 Å². The molecule has 1 aromatic heterocycles. The van der Waals surface area contributed by atoms with Crippen molar-refractivity contribution in [1.82, 2.24) is 5.32 Å². The number of benzene rings is 1. The topological polar surface area (TPSA) is 38.3 Å². The van der Waals surface area contributed by atoms with E-state index >= 15 is 0 Å². The maximum atomic E-state index is 12.3. The van der Waals surface area contributed by atoms with Gasteiger partial charge in [0.15, 0.2) is 0 Å². The second-order valence-corrected chi connectivity index (χ2v) is 7.14. The van der Waals surface area contributed by atoms with Crippen molar-refractivity contribution >= 4 is 33.2 Å². The van der Waals surface area contributed by atoms with Crippen molar-refractivity contribution in [3.05, 3.63) is 50.1 Å². The Hall–Kier alpha value is -1.33. The number of ether oxygens (including phenoxy) is 1. The van der Waals surface area contributed by atoms with Crippen LogP contribution in [0.3, 0.4) is 0 Å². The van der Waals surface area contributed by atoms with Gasteiger partial charge in [-0.2, -0.15) is 0 Å². The standard InChI is InChI=1S/C15H14BrNO2S/c1-9-8-13(20-14(9)16)15(18)17-11-6-7-19-12-5-3-2-4-10(11)12/h2-5,8,11H,6-7H2,1H3,(H,17,18). The number of rotatable bonds is 2. The van der Waals surface area contributed by atoms with Crippen LogP contribution in [0.15, 0.2) is 34.1 Å². The molecule has 20 heavy (non-hydrogen) atoms. The lowest BCUT2D eigenvalue weighted by atomic mass is 10.0. The highest BCUT2D eigenvalue weighted by Gasteiger charge is 2.23. The highest BCUT2D eigenvalue weighted by Crippen LogP contribution is 2.33. The van der Waals surface area contributed by atoms with Gasteiger partial charge >= 0.3 is 0 Å². The number of halogens is 1. The molecule has 0 aliphatic carbocycles. The first kappa shape index (κ1) is 13.6. The van der Waals surface area contributed by atoms with Crippen molar-refractivity contribution in [2.24, 2.45) is 0 Å². The van der Waals surface area contributed by atoms with E-state index in [1.54, 1.807) is 0 Å². The van der Waals surface area contributed by atoms with E-state index in [4.69, 9.17) is 4.74 Å². The largest absolute Gasteiger partial charge is 0.493 e. The molecule has 1 atom stereocenters. The van der Waals surface area contributed by atoms with E-state index in [1.807, 2.05) is 37.3 Å². The predicted octanol–water partition coefficient (Wildman–Crippen LogP) is 4.07. The summed E-state index contributed by atoms with van der Waals surface area (Å²) in [7, 11) is 0. The molecule has 3 nitrogen and oxygen atoms in total. The summed E-state index contributed by atoms with van der Waals surface area (Å²) in [6.45, 7) is 2.62. The van der Waals surface area contributed by atoms with Crippen LogP contribution < -0.4 is 10.1 Å². The molecule has 104 valence electrons. The molecule has 0 bridgehead atoms. The number of thiophene rings is 1. The number of hydrogen-bond donors (Lipinski definition) is 1. The van der Waals surface area contributed by atoms with Gasteiger partial charge in [-0.05, 0) is 40.5 Å². The van der Waals surface area contributed by atoms with Gasteiger partial charge in [-0.1, -0.05) is 18.2 Å². The highest BCUT2D eigenvalue weighted by molar-refractivity contribution is 9.11. The molecule has 5 heteroatoms. The van der Waals surface area contributed by atoms with E-state index in [2.05, 4.69) is 21.2 Å². The predicted molar refractivity (Wildman–Crippen MR) is 83.5 cm³/mol. The molecular formula is C15H14BrNO2S. The SMILES string of the molecule is Cc1cc(C(=O)NC2CCOc3ccccc32)sc1Br. The Balaban J connectivity index is 1.80. The fourth-order valence-electron chi connectivity index (χ4n) is 2.29. The van der Waals surface area contributed by atoms with Gasteiger partial charge in [-0.25, -0.2) is 0 Å². The number of carbonyl (C=O) groups excluding carboxylic acids is 1. The summed E-state index contributed by atoms with van der Waals surface area (Å²) in [6.07, 6.45) is 0.800. The lowest BCUT2D eigenvalue weighted by molar-refractivity contribution is 0.0929. The fraction of sp³-hybridized carbons (Fsp3) is 0.267. The molecule has 2 heterocycles. The van der Waals surface area contributed by atoms with E-state index in [1.165, 1.54) is 11.3 Å². The lowest BCUT2D eigenvalue weighted by Gasteiger charge is -2.26. The monoisotopic (exact) mass is 351 g/mol. The maximum Gasteiger partial charge on any atom is 0.261 e. The Labute approximate surface area is 130 Å². The first-order valence-corrected chi connectivity index (χ1v) is 8.04. The van der Waals surface area contributed by atoms with Gasteiger partial charge in [0.1, 0.15) is 5.75 Å². The maximum absolute atomic E-state index is 12.3. The molecule has 1 aliphatic heterocycles. The molecule has 0 radical (unpaired) electrons. The summed E-state index contributed by atoms with van der Waals surface area (Å²) < 4.78 is 6.62. The van der Waals surface area contributed by atoms with Crippen molar-refractivity contribution in [3.63, 3.8) is 0 Å². The summed E-state index contributed by atoms with van der Waals surface area (Å²) >= 11 is 4.92. The second-order valence-electron chi connectivity index (χ2n) is 4.77. The van der Waals surface area contributed by atoms with Crippen molar-refractivity contribution in [3.8, 4) is 5.75 Å². The van der Waals surface area contributed by atoms with Gasteiger partial charge in [0.05, 0.1) is 21.3 Å². The van der Waals surface area contributed by atoms with Crippen LogP contribution in [0.2, 0.25) is 0 Å². The van der Waals surface area contributed by atoms with E-state index < -0.39 is 0 Å². The molecule has 1 aliphatic rings. The van der Waals surface area contributed by atoms with Gasteiger partial charge in [0.2, 0.25) is 0 Å². The minimum absolute atomic E-state index is 0.0219. The van der Waals surface area contributed by atoms with Crippen molar-refractivity contribution < 1.29 is 9.53 Å². The number of hydrogen-bond acceptors (Lipinski definition) is 3. The first-order chi connectivity index (χ1) is 9.65. The molecule has 2 aromatic rings. The molecule has 0 saturated heterocycles. The fourth-order valence-corrected chi connectivity index (χ4v) is 3.73. The zero-order valence-corrected chi connectivity index (χ0v) is 13.4. The quantitative estimate of drug-likeness (QED) is 0.885. The molecule has 0 saturated carbocycles. The summed E-state index contributed by atoms with van der Waals surface area (Å²) in [5.41, 5.74) is 2.15. The number of nitrogens with one attached hydrogen (secondary N) is 1. The Morgan fingerprint density at radius 2 is 2.25 bits per heavy atom. The summed E-state index contributed by atoms with van der Waals surface area (Å²) in [4.78, 5) is 13.1. The van der Waals surface area contributed by atoms with Gasteiger partial charge in [-0.3, -0.25) is 4.79 Å². The van der Waals surface area contributed by atoms with Crippen molar-refractivity contribution in [2.45, 2.75) is 19.4 Å². The molecule has 1 aromatic carbocycles. The van der Waals surface area contributed by atoms with Gasteiger partial charge in [-0.15, -0.1) is 11.3 Å². The number of aryl methyl sites for hydroxylation is 1. The van der Waals surface area contributed by atoms with E-state index in [9.17, 15) is 4.79 Å². The van der Waals surface area contributed by atoms with Crippen molar-refractivity contribution in [2.75, 3.05) is 6.61 Å². The van der Waals surface area contributed by atoms with Crippen LogP contribution in [0.1, 0.15) is 33.3 Å². The smallest absolute Gasteiger partial charge is 0.261 e. The average Bonchev–Trinajstić information content (AvgIpc) is 2.79. The minimum Gasteiger partial charge on any atom is -0.493 e. The van der Waals surface area contributed by atoms with Crippen LogP contribution in [0.4, 0.5) is 0 Å². The summed E-state index contributed by atoms with van der Waals surface area (Å²) in [6, 6.07) is 9.80. The molecule has 1 unspecified atom stereocenters. The Morgan fingerprint density at radius 3 is 3.00 bits per heavy atom. The zero-order valence-electron chi connectivity index (χ0n) is 11.0. The zero-order chi connectivity index (χ0) is 14.1. The Morgan fingerprint density at radius 1 is 1.45 bits per heavy atom. The van der Waals surface area contributed by atoms with Gasteiger partial charge in [0.25, 0.3) is 5.91 Å². The van der Waals surface area contributed by atoms with Crippen LogP contribution in [-0.2, 0) is 0 Å². The molecule has 1 amide bonds. The third-order valence-corrected chi connectivity index (χ3v) is 5.48. The highest BCUT2D eigenvalue weighted by atomic mass is 79.9. The summed E-state index contributed by atoms with van der Waals surface area (Å²) in [5.74, 6) is 0.845. The van der Waals surface area contributed by atoms with Crippen LogP contribution in [0, 0.1) is 6.92 Å². The van der Waals surface area contributed by atoms with Crippen molar-refractivity contribution in [1.29, 1.82) is 0 Å². The number of para-hydroxylation sites is 1. The van der Waals surface area contributed by atoms with Gasteiger partial charge < -0.3 is 10.1 Å². The first-order valence-electron chi connectivity index (χ1n) is 6.43. The minimum atomic E-state index is -0.0227. The number of carbonyl (C=O) groups is 1. The Kier molecular flexibility index (Phi) is 3.81. The van der Waals surface area contributed by atoms with Crippen LogP contribution in [0.5, 0.6) is 5.75 Å². The van der Waals surface area contributed by atoms with Gasteiger partial charge in [0, 0.05) is 12.0 Å². The average molecular weight is 352 g/mol. The number of fused-ring (bicyclic) bond motifs is 1. The third kappa shape index (κ3) is 2.60. The lowest BCUT2D eigenvalue weighted by Crippen LogP contribution is -2.31. The van der Waals surface area contributed by atoms with E-state index in [0.29, 0.717) is 6.61 Å². The second kappa shape index (κ2) is 5.58. The van der Waals surface area contributed by atoms with Crippen LogP contribution >= 0.6 is 27.3 Å². The molecule has 0 fully saturated rings. The third-order valence-electron chi connectivity index (χ3n) is 3.34. The molecule has 1 N–H and O–H groups in total. The molecule has 3 rings (SSSR count). The normalized spacial score (nSPS) is 17.2. The Bertz CT molecular complexity index is 634. The summed E-state index contributed by atoms with van der Waals surface area (Å²) in [5, 5.41) is 3.10.